The number of carbonyl (C=O) groups excluding carboxylic acids is 3. The molecule has 8 heteroatoms. The topological polar surface area (TPSA) is 120 Å². The van der Waals surface area contributed by atoms with E-state index in [9.17, 15) is 14.4 Å². The Hall–Kier alpha value is -1.83. The SMILES string of the molecule is CC(C)[C@H](NC(=O)[C@@H](N)CCCCNC(=O)OC(C)(C)C)C(=O)OC(C)(C)C. The fraction of sp³-hybridized carbons (Fsp3) is 0.850. The van der Waals surface area contributed by atoms with Crippen LogP contribution in [0.4, 0.5) is 4.79 Å². The molecule has 0 saturated carbocycles. The average molecular weight is 402 g/mol. The van der Waals surface area contributed by atoms with E-state index in [1.807, 2.05) is 13.8 Å². The molecule has 0 aliphatic carbocycles. The monoisotopic (exact) mass is 401 g/mol. The Morgan fingerprint density at radius 2 is 1.46 bits per heavy atom. The summed E-state index contributed by atoms with van der Waals surface area (Å²) in [5, 5.41) is 5.36. The van der Waals surface area contributed by atoms with E-state index < -0.39 is 35.3 Å². The van der Waals surface area contributed by atoms with Crippen LogP contribution in [-0.4, -0.2) is 47.8 Å². The number of ether oxygens (including phenoxy) is 2. The Balaban J connectivity index is 4.32. The second-order valence-electron chi connectivity index (χ2n) is 9.29. The summed E-state index contributed by atoms with van der Waals surface area (Å²) < 4.78 is 10.5. The molecule has 0 aromatic carbocycles. The molecule has 0 fully saturated rings. The van der Waals surface area contributed by atoms with E-state index >= 15 is 0 Å². The molecule has 0 unspecified atom stereocenters. The Kier molecular flexibility index (Phi) is 10.5. The molecule has 2 atom stereocenters. The van der Waals surface area contributed by atoms with Crippen molar-refractivity contribution < 1.29 is 23.9 Å². The summed E-state index contributed by atoms with van der Waals surface area (Å²) in [5.41, 5.74) is 4.78. The number of hydrogen-bond donors (Lipinski definition) is 3. The van der Waals surface area contributed by atoms with Crippen molar-refractivity contribution in [3.63, 3.8) is 0 Å². The molecule has 0 aliphatic rings. The van der Waals surface area contributed by atoms with Gasteiger partial charge in [-0.25, -0.2) is 9.59 Å². The Bertz CT molecular complexity index is 521. The summed E-state index contributed by atoms with van der Waals surface area (Å²) in [4.78, 5) is 36.2. The van der Waals surface area contributed by atoms with Crippen LogP contribution in [0, 0.1) is 5.92 Å². The standard InChI is InChI=1S/C20H39N3O5/c1-13(2)15(17(25)27-19(3,4)5)23-16(24)14(21)11-9-10-12-22-18(26)28-20(6,7)8/h13-15H,9-12,21H2,1-8H3,(H,22,26)(H,23,24)/t14-,15-/m0/s1. The van der Waals surface area contributed by atoms with Crippen LogP contribution in [-0.2, 0) is 19.1 Å². The molecule has 8 nitrogen and oxygen atoms in total. The van der Waals surface area contributed by atoms with E-state index in [1.54, 1.807) is 41.5 Å². The molecule has 0 heterocycles. The minimum absolute atomic E-state index is 0.121. The van der Waals surface area contributed by atoms with Crippen molar-refractivity contribution in [1.29, 1.82) is 0 Å². The van der Waals surface area contributed by atoms with Crippen molar-refractivity contribution in [3.05, 3.63) is 0 Å². The molecule has 0 radical (unpaired) electrons. The van der Waals surface area contributed by atoms with Gasteiger partial charge in [-0.15, -0.1) is 0 Å². The third-order valence-corrected chi connectivity index (χ3v) is 3.57. The van der Waals surface area contributed by atoms with Crippen LogP contribution in [0.2, 0.25) is 0 Å². The molecule has 0 bridgehead atoms. The van der Waals surface area contributed by atoms with Crippen molar-refractivity contribution >= 4 is 18.0 Å². The normalized spacial score (nSPS) is 14.2. The predicted octanol–water partition coefficient (Wildman–Crippen LogP) is 2.49. The first-order valence-corrected chi connectivity index (χ1v) is 9.88. The zero-order valence-electron chi connectivity index (χ0n) is 18.7. The number of rotatable bonds is 9. The largest absolute Gasteiger partial charge is 0.458 e. The highest BCUT2D eigenvalue weighted by molar-refractivity contribution is 5.87. The van der Waals surface area contributed by atoms with Crippen molar-refractivity contribution in [3.8, 4) is 0 Å². The summed E-state index contributed by atoms with van der Waals surface area (Å²) in [6.07, 6.45) is 1.30. The first-order chi connectivity index (χ1) is 12.6. The van der Waals surface area contributed by atoms with E-state index in [0.717, 1.165) is 0 Å². The highest BCUT2D eigenvalue weighted by atomic mass is 16.6. The molecular weight excluding hydrogens is 362 g/mol. The van der Waals surface area contributed by atoms with Crippen LogP contribution < -0.4 is 16.4 Å². The van der Waals surface area contributed by atoms with Crippen LogP contribution in [0.15, 0.2) is 0 Å². The van der Waals surface area contributed by atoms with Crippen molar-refractivity contribution in [1.82, 2.24) is 10.6 Å². The van der Waals surface area contributed by atoms with Crippen LogP contribution in [0.5, 0.6) is 0 Å². The van der Waals surface area contributed by atoms with Gasteiger partial charge in [0.1, 0.15) is 17.2 Å². The number of alkyl carbamates (subject to hydrolysis) is 1. The van der Waals surface area contributed by atoms with Gasteiger partial charge in [0.2, 0.25) is 5.91 Å². The summed E-state index contributed by atoms with van der Waals surface area (Å²) in [5.74, 6) is -0.974. The summed E-state index contributed by atoms with van der Waals surface area (Å²) >= 11 is 0. The highest BCUT2D eigenvalue weighted by Gasteiger charge is 2.30. The molecule has 4 N–H and O–H groups in total. The van der Waals surface area contributed by atoms with Gasteiger partial charge in [0, 0.05) is 6.54 Å². The number of nitrogens with two attached hydrogens (primary N) is 1. The lowest BCUT2D eigenvalue weighted by Crippen LogP contribution is -2.52. The van der Waals surface area contributed by atoms with Crippen molar-refractivity contribution in [2.75, 3.05) is 6.54 Å². The van der Waals surface area contributed by atoms with Gasteiger partial charge in [0.05, 0.1) is 6.04 Å². The highest BCUT2D eigenvalue weighted by Crippen LogP contribution is 2.13. The fourth-order valence-electron chi connectivity index (χ4n) is 2.25. The van der Waals surface area contributed by atoms with Crippen LogP contribution in [0.1, 0.15) is 74.7 Å². The second-order valence-corrected chi connectivity index (χ2v) is 9.29. The number of carbonyl (C=O) groups is 3. The summed E-state index contributed by atoms with van der Waals surface area (Å²) in [7, 11) is 0. The van der Waals surface area contributed by atoms with Gasteiger partial charge in [-0.1, -0.05) is 13.8 Å². The minimum Gasteiger partial charge on any atom is -0.458 e. The van der Waals surface area contributed by atoms with E-state index in [2.05, 4.69) is 10.6 Å². The molecule has 0 aliphatic heterocycles. The zero-order valence-corrected chi connectivity index (χ0v) is 18.7. The van der Waals surface area contributed by atoms with Crippen LogP contribution in [0.3, 0.4) is 0 Å². The van der Waals surface area contributed by atoms with Crippen LogP contribution >= 0.6 is 0 Å². The zero-order chi connectivity index (χ0) is 22.1. The lowest BCUT2D eigenvalue weighted by Gasteiger charge is -2.27. The van der Waals surface area contributed by atoms with Gasteiger partial charge in [0.25, 0.3) is 0 Å². The molecule has 0 saturated heterocycles. The molecule has 164 valence electrons. The summed E-state index contributed by atoms with van der Waals surface area (Å²) in [6.45, 7) is 14.8. The maximum atomic E-state index is 12.3. The maximum absolute atomic E-state index is 12.3. The number of hydrogen-bond acceptors (Lipinski definition) is 6. The van der Waals surface area contributed by atoms with Crippen molar-refractivity contribution in [2.24, 2.45) is 11.7 Å². The molecule has 0 aromatic rings. The van der Waals surface area contributed by atoms with Crippen molar-refractivity contribution in [2.45, 2.75) is 97.9 Å². The Morgan fingerprint density at radius 3 is 1.93 bits per heavy atom. The molecule has 0 spiro atoms. The average Bonchev–Trinajstić information content (AvgIpc) is 2.47. The van der Waals surface area contributed by atoms with E-state index in [1.165, 1.54) is 0 Å². The quantitative estimate of drug-likeness (QED) is 0.403. The number of esters is 1. The van der Waals surface area contributed by atoms with Gasteiger partial charge in [-0.05, 0) is 66.7 Å². The second kappa shape index (κ2) is 11.2. The third kappa shape index (κ3) is 12.5. The molecule has 28 heavy (non-hydrogen) atoms. The molecule has 2 amide bonds. The lowest BCUT2D eigenvalue weighted by molar-refractivity contribution is -0.160. The number of amides is 2. The van der Waals surface area contributed by atoms with Gasteiger partial charge in [0.15, 0.2) is 0 Å². The van der Waals surface area contributed by atoms with Crippen LogP contribution in [0.25, 0.3) is 0 Å². The van der Waals surface area contributed by atoms with Gasteiger partial charge in [-0.3, -0.25) is 4.79 Å². The van der Waals surface area contributed by atoms with Gasteiger partial charge < -0.3 is 25.8 Å². The first kappa shape index (κ1) is 26.2. The lowest BCUT2D eigenvalue weighted by atomic mass is 10.0. The molecular formula is C20H39N3O5. The number of nitrogens with one attached hydrogen (secondary N) is 2. The third-order valence-electron chi connectivity index (χ3n) is 3.57. The van der Waals surface area contributed by atoms with E-state index in [4.69, 9.17) is 15.2 Å². The maximum Gasteiger partial charge on any atom is 0.407 e. The number of unbranched alkanes of at least 4 members (excludes halogenated alkanes) is 1. The molecule has 0 aromatic heterocycles. The molecule has 0 rings (SSSR count). The van der Waals surface area contributed by atoms with E-state index in [-0.39, 0.29) is 11.8 Å². The Morgan fingerprint density at radius 1 is 0.929 bits per heavy atom. The van der Waals surface area contributed by atoms with Gasteiger partial charge in [-0.2, -0.15) is 0 Å². The summed E-state index contributed by atoms with van der Waals surface area (Å²) in [6, 6.07) is -1.48. The van der Waals surface area contributed by atoms with Gasteiger partial charge >= 0.3 is 12.1 Å². The minimum atomic E-state index is -0.744. The fourth-order valence-corrected chi connectivity index (χ4v) is 2.25. The predicted molar refractivity (Wildman–Crippen MR) is 109 cm³/mol. The smallest absolute Gasteiger partial charge is 0.407 e. The Labute approximate surface area is 169 Å². The first-order valence-electron chi connectivity index (χ1n) is 9.88. The van der Waals surface area contributed by atoms with E-state index in [0.29, 0.717) is 25.8 Å².